The van der Waals surface area contributed by atoms with Gasteiger partial charge in [0.1, 0.15) is 5.76 Å². The number of rotatable bonds is 3. The molecule has 1 amide bonds. The zero-order valence-electron chi connectivity index (χ0n) is 18.6. The highest BCUT2D eigenvalue weighted by atomic mass is 16.3. The van der Waals surface area contributed by atoms with Crippen molar-refractivity contribution >= 4 is 34.0 Å². The average Bonchev–Trinajstić information content (AvgIpc) is 3.42. The number of benzene rings is 3. The van der Waals surface area contributed by atoms with Crippen molar-refractivity contribution in [2.75, 3.05) is 4.90 Å². The number of aromatic nitrogens is 1. The van der Waals surface area contributed by atoms with E-state index < -0.39 is 17.7 Å². The van der Waals surface area contributed by atoms with Crippen LogP contribution in [0.2, 0.25) is 0 Å². The fourth-order valence-corrected chi connectivity index (χ4v) is 5.34. The fourth-order valence-electron chi connectivity index (χ4n) is 5.34. The molecule has 2 aliphatic rings. The van der Waals surface area contributed by atoms with E-state index in [-0.39, 0.29) is 11.3 Å². The number of nitrogens with zero attached hydrogens (tertiary/aromatic N) is 1. The first kappa shape index (κ1) is 20.5. The number of ketones is 1. The quantitative estimate of drug-likeness (QED) is 0.241. The zero-order valence-corrected chi connectivity index (χ0v) is 18.6. The molecule has 1 aliphatic heterocycles. The molecule has 1 atom stereocenters. The number of aromatic amines is 1. The van der Waals surface area contributed by atoms with Gasteiger partial charge in [0.05, 0.1) is 11.6 Å². The molecule has 5 heteroatoms. The van der Waals surface area contributed by atoms with Crippen LogP contribution in [0.3, 0.4) is 0 Å². The van der Waals surface area contributed by atoms with Crippen molar-refractivity contribution in [2.24, 2.45) is 0 Å². The van der Waals surface area contributed by atoms with Crippen LogP contribution in [0, 0.1) is 0 Å². The van der Waals surface area contributed by atoms with Crippen LogP contribution < -0.4 is 4.90 Å². The third-order valence-corrected chi connectivity index (χ3v) is 7.02. The number of aliphatic hydroxyl groups excluding tert-OH is 1. The van der Waals surface area contributed by atoms with Crippen LogP contribution in [-0.4, -0.2) is 21.8 Å². The number of fused-ring (bicyclic) bond motifs is 2. The Labute approximate surface area is 197 Å². The Morgan fingerprint density at radius 1 is 0.882 bits per heavy atom. The van der Waals surface area contributed by atoms with E-state index in [4.69, 9.17) is 0 Å². The first-order valence-electron chi connectivity index (χ1n) is 11.7. The SMILES string of the molecule is O=C1C(=O)N(c2ccccc2)C(c2c[nH]c3ccccc23)/C1=C(\O)c1ccc2c(c1)CCCC2. The van der Waals surface area contributed by atoms with E-state index >= 15 is 0 Å². The number of H-pyrrole nitrogens is 1. The third kappa shape index (κ3) is 3.16. The van der Waals surface area contributed by atoms with E-state index in [0.29, 0.717) is 11.3 Å². The van der Waals surface area contributed by atoms with Gasteiger partial charge < -0.3 is 10.1 Å². The largest absolute Gasteiger partial charge is 0.507 e. The summed E-state index contributed by atoms with van der Waals surface area (Å²) in [7, 11) is 0. The van der Waals surface area contributed by atoms with Crippen molar-refractivity contribution in [3.05, 3.63) is 107 Å². The average molecular weight is 449 g/mol. The molecule has 1 unspecified atom stereocenters. The standard InChI is InChI=1S/C29H24N2O3/c32-27(20-15-14-18-8-4-5-9-19(18)16-20)25-26(23-17-30-24-13-7-6-12-22(23)24)31(29(34)28(25)33)21-10-2-1-3-11-21/h1-3,6-7,10-17,26,30,32H,4-5,8-9H2/b27-25+. The van der Waals surface area contributed by atoms with Gasteiger partial charge in [0.15, 0.2) is 0 Å². The van der Waals surface area contributed by atoms with Crippen LogP contribution in [-0.2, 0) is 22.4 Å². The van der Waals surface area contributed by atoms with Gasteiger partial charge in [0.2, 0.25) is 0 Å². The van der Waals surface area contributed by atoms with Crippen molar-refractivity contribution in [1.29, 1.82) is 0 Å². The lowest BCUT2D eigenvalue weighted by Crippen LogP contribution is -2.29. The summed E-state index contributed by atoms with van der Waals surface area (Å²) in [4.78, 5) is 31.5. The number of amides is 1. The highest BCUT2D eigenvalue weighted by molar-refractivity contribution is 6.51. The van der Waals surface area contributed by atoms with E-state index in [1.165, 1.54) is 22.4 Å². The van der Waals surface area contributed by atoms with Gasteiger partial charge in [-0.1, -0.05) is 48.5 Å². The topological polar surface area (TPSA) is 73.4 Å². The molecular formula is C29H24N2O3. The molecule has 2 heterocycles. The normalized spacial score (nSPS) is 19.5. The van der Waals surface area contributed by atoms with Crippen LogP contribution in [0.1, 0.15) is 41.1 Å². The van der Waals surface area contributed by atoms with Crippen molar-refractivity contribution in [1.82, 2.24) is 4.98 Å². The summed E-state index contributed by atoms with van der Waals surface area (Å²) in [6, 6.07) is 22.1. The summed E-state index contributed by atoms with van der Waals surface area (Å²) < 4.78 is 0. The predicted octanol–water partition coefficient (Wildman–Crippen LogP) is 5.67. The zero-order chi connectivity index (χ0) is 23.2. The number of carbonyl (C=O) groups excluding carboxylic acids is 2. The molecule has 0 spiro atoms. The van der Waals surface area contributed by atoms with Gasteiger partial charge in [-0.15, -0.1) is 0 Å². The number of aliphatic hydroxyl groups is 1. The molecule has 1 fully saturated rings. The van der Waals surface area contributed by atoms with Crippen molar-refractivity contribution in [3.63, 3.8) is 0 Å². The van der Waals surface area contributed by atoms with Gasteiger partial charge in [0, 0.05) is 33.9 Å². The summed E-state index contributed by atoms with van der Waals surface area (Å²) in [6.45, 7) is 0. The second-order valence-corrected chi connectivity index (χ2v) is 8.98. The number of hydrogen-bond donors (Lipinski definition) is 2. The number of nitrogens with one attached hydrogen (secondary N) is 1. The summed E-state index contributed by atoms with van der Waals surface area (Å²) in [5, 5.41) is 12.4. The molecule has 4 aromatic rings. The lowest BCUT2D eigenvalue weighted by Gasteiger charge is -2.25. The molecule has 0 bridgehead atoms. The maximum atomic E-state index is 13.4. The minimum absolute atomic E-state index is 0.120. The molecule has 3 aromatic carbocycles. The minimum Gasteiger partial charge on any atom is -0.507 e. The van der Waals surface area contributed by atoms with Crippen LogP contribution in [0.25, 0.3) is 16.7 Å². The second kappa shape index (κ2) is 8.03. The van der Waals surface area contributed by atoms with E-state index in [1.807, 2.05) is 79.0 Å². The molecule has 0 saturated carbocycles. The summed E-state index contributed by atoms with van der Waals surface area (Å²) in [5.41, 5.74) is 5.50. The number of carbonyl (C=O) groups is 2. The van der Waals surface area contributed by atoms with Crippen LogP contribution in [0.5, 0.6) is 0 Å². The molecule has 5 nitrogen and oxygen atoms in total. The van der Waals surface area contributed by atoms with Crippen molar-refractivity contribution in [2.45, 2.75) is 31.7 Å². The smallest absolute Gasteiger partial charge is 0.300 e. The van der Waals surface area contributed by atoms with E-state index in [1.54, 1.807) is 0 Å². The van der Waals surface area contributed by atoms with Gasteiger partial charge in [-0.3, -0.25) is 14.5 Å². The van der Waals surface area contributed by atoms with Crippen LogP contribution >= 0.6 is 0 Å². The van der Waals surface area contributed by atoms with Gasteiger partial charge in [-0.25, -0.2) is 0 Å². The molecule has 2 N–H and O–H groups in total. The Morgan fingerprint density at radius 3 is 2.44 bits per heavy atom. The predicted molar refractivity (Wildman–Crippen MR) is 133 cm³/mol. The number of para-hydroxylation sites is 2. The molecule has 0 radical (unpaired) electrons. The van der Waals surface area contributed by atoms with Crippen molar-refractivity contribution < 1.29 is 14.7 Å². The van der Waals surface area contributed by atoms with Gasteiger partial charge in [0.25, 0.3) is 11.7 Å². The highest BCUT2D eigenvalue weighted by Crippen LogP contribution is 2.44. The number of aryl methyl sites for hydroxylation is 2. The Bertz CT molecular complexity index is 1470. The number of Topliss-reactive ketones (excluding diaryl/α,β-unsaturated/α-hetero) is 1. The monoisotopic (exact) mass is 448 g/mol. The third-order valence-electron chi connectivity index (χ3n) is 7.02. The molecule has 168 valence electrons. The Hall–Kier alpha value is -4.12. The number of hydrogen-bond acceptors (Lipinski definition) is 3. The molecule has 34 heavy (non-hydrogen) atoms. The molecular weight excluding hydrogens is 424 g/mol. The molecule has 1 aliphatic carbocycles. The summed E-state index contributed by atoms with van der Waals surface area (Å²) >= 11 is 0. The van der Waals surface area contributed by atoms with Crippen molar-refractivity contribution in [3.8, 4) is 0 Å². The minimum atomic E-state index is -0.741. The van der Waals surface area contributed by atoms with Crippen LogP contribution in [0.4, 0.5) is 5.69 Å². The molecule has 1 saturated heterocycles. The van der Waals surface area contributed by atoms with Gasteiger partial charge in [-0.05, 0) is 61.1 Å². The number of anilines is 1. The first-order valence-corrected chi connectivity index (χ1v) is 11.7. The lowest BCUT2D eigenvalue weighted by atomic mass is 9.88. The fraction of sp³-hybridized carbons (Fsp3) is 0.172. The Morgan fingerprint density at radius 2 is 1.62 bits per heavy atom. The van der Waals surface area contributed by atoms with Crippen LogP contribution in [0.15, 0.2) is 84.6 Å². The maximum Gasteiger partial charge on any atom is 0.300 e. The Balaban J connectivity index is 1.58. The van der Waals surface area contributed by atoms with E-state index in [9.17, 15) is 14.7 Å². The van der Waals surface area contributed by atoms with Gasteiger partial charge >= 0.3 is 0 Å². The Kier molecular flexibility index (Phi) is 4.84. The summed E-state index contributed by atoms with van der Waals surface area (Å²) in [5.74, 6) is -1.43. The van der Waals surface area contributed by atoms with E-state index in [0.717, 1.165) is 35.7 Å². The molecule has 1 aromatic heterocycles. The lowest BCUT2D eigenvalue weighted by molar-refractivity contribution is -0.132. The second-order valence-electron chi connectivity index (χ2n) is 8.98. The summed E-state index contributed by atoms with van der Waals surface area (Å²) in [6.07, 6.45) is 6.11. The molecule has 6 rings (SSSR count). The first-order chi connectivity index (χ1) is 16.6. The van der Waals surface area contributed by atoms with E-state index in [2.05, 4.69) is 4.98 Å². The maximum absolute atomic E-state index is 13.4. The van der Waals surface area contributed by atoms with Gasteiger partial charge in [-0.2, -0.15) is 0 Å². The highest BCUT2D eigenvalue weighted by Gasteiger charge is 2.47.